The Morgan fingerprint density at radius 1 is 1.50 bits per heavy atom. The Balaban J connectivity index is 3.23. The molecule has 0 aliphatic heterocycles. The van der Waals surface area contributed by atoms with E-state index in [-0.39, 0.29) is 22.7 Å². The number of nitrogens with two attached hydrogens (primary N) is 2. The summed E-state index contributed by atoms with van der Waals surface area (Å²) in [6.07, 6.45) is 0. The van der Waals surface area contributed by atoms with Crippen molar-refractivity contribution in [3.05, 3.63) is 10.4 Å². The molecule has 88 valence electrons. The first-order chi connectivity index (χ1) is 7.52. The lowest BCUT2D eigenvalue weighted by molar-refractivity contribution is 0.0533. The van der Waals surface area contributed by atoms with Gasteiger partial charge in [0.1, 0.15) is 9.88 Å². The first kappa shape index (κ1) is 12.3. The molecule has 0 saturated heterocycles. The molecular weight excluding hydrogens is 230 g/mol. The molecule has 0 radical (unpaired) electrons. The number of thiophene rings is 1. The average molecular weight is 243 g/mol. The van der Waals surface area contributed by atoms with Crippen molar-refractivity contribution in [2.24, 2.45) is 5.73 Å². The van der Waals surface area contributed by atoms with Gasteiger partial charge < -0.3 is 21.5 Å². The van der Waals surface area contributed by atoms with Gasteiger partial charge in [-0.15, -0.1) is 11.3 Å². The fourth-order valence-electron chi connectivity index (χ4n) is 1.21. The molecule has 0 aromatic carbocycles. The van der Waals surface area contributed by atoms with E-state index in [0.29, 0.717) is 5.00 Å². The number of nitrogen functional groups attached to an aromatic ring is 1. The van der Waals surface area contributed by atoms with Crippen LogP contribution in [0.3, 0.4) is 0 Å². The lowest BCUT2D eigenvalue weighted by atomic mass is 10.2. The highest BCUT2D eigenvalue weighted by atomic mass is 32.1. The van der Waals surface area contributed by atoms with E-state index in [9.17, 15) is 9.59 Å². The molecule has 1 heterocycles. The topological polar surface area (TPSA) is 107 Å². The first-order valence-electron chi connectivity index (χ1n) is 4.59. The number of hydrogen-bond acceptors (Lipinski definition) is 6. The minimum absolute atomic E-state index is 0.0697. The third-order valence-corrected chi connectivity index (χ3v) is 3.08. The van der Waals surface area contributed by atoms with Crippen LogP contribution in [0.15, 0.2) is 0 Å². The first-order valence-corrected chi connectivity index (χ1v) is 5.41. The van der Waals surface area contributed by atoms with Crippen LogP contribution in [0.1, 0.15) is 27.0 Å². The van der Waals surface area contributed by atoms with Gasteiger partial charge in [-0.25, -0.2) is 4.79 Å². The highest BCUT2D eigenvalue weighted by Crippen LogP contribution is 2.35. The minimum Gasteiger partial charge on any atom is -0.462 e. The molecule has 0 fully saturated rings. The van der Waals surface area contributed by atoms with Gasteiger partial charge in [0.25, 0.3) is 5.91 Å². The number of esters is 1. The van der Waals surface area contributed by atoms with Crippen LogP contribution in [0.25, 0.3) is 0 Å². The zero-order valence-corrected chi connectivity index (χ0v) is 9.81. The summed E-state index contributed by atoms with van der Waals surface area (Å²) >= 11 is 1.05. The zero-order chi connectivity index (χ0) is 12.3. The molecule has 16 heavy (non-hydrogen) atoms. The van der Waals surface area contributed by atoms with Crippen molar-refractivity contribution in [2.45, 2.75) is 6.92 Å². The van der Waals surface area contributed by atoms with Gasteiger partial charge in [0, 0.05) is 7.05 Å². The number of carbonyl (C=O) groups excluding carboxylic acids is 2. The molecule has 1 aromatic heterocycles. The van der Waals surface area contributed by atoms with Crippen LogP contribution in [-0.2, 0) is 4.74 Å². The molecule has 0 atom stereocenters. The van der Waals surface area contributed by atoms with Gasteiger partial charge in [0.2, 0.25) is 0 Å². The number of hydrogen-bond donors (Lipinski definition) is 3. The van der Waals surface area contributed by atoms with Gasteiger partial charge in [0.05, 0.1) is 17.9 Å². The Bertz CT molecular complexity index is 428. The maximum atomic E-state index is 11.5. The van der Waals surface area contributed by atoms with E-state index in [4.69, 9.17) is 16.2 Å². The minimum atomic E-state index is -0.673. The highest BCUT2D eigenvalue weighted by Gasteiger charge is 2.24. The predicted octanol–water partition coefficient (Wildman–Crippen LogP) is 0.648. The molecular formula is C9H13N3O3S. The highest BCUT2D eigenvalue weighted by molar-refractivity contribution is 7.19. The maximum Gasteiger partial charge on any atom is 0.350 e. The quantitative estimate of drug-likeness (QED) is 0.673. The number of rotatable bonds is 4. The number of ether oxygens (including phenoxy) is 1. The molecule has 1 amide bonds. The van der Waals surface area contributed by atoms with E-state index in [0.717, 1.165) is 11.3 Å². The summed E-state index contributed by atoms with van der Waals surface area (Å²) < 4.78 is 4.81. The van der Waals surface area contributed by atoms with Crippen molar-refractivity contribution in [1.29, 1.82) is 0 Å². The van der Waals surface area contributed by atoms with Gasteiger partial charge in [-0.3, -0.25) is 4.79 Å². The summed E-state index contributed by atoms with van der Waals surface area (Å²) in [4.78, 5) is 22.8. The van der Waals surface area contributed by atoms with Crippen LogP contribution in [0.5, 0.6) is 0 Å². The molecule has 6 nitrogen and oxygen atoms in total. The van der Waals surface area contributed by atoms with Crippen LogP contribution in [0.2, 0.25) is 0 Å². The Kier molecular flexibility index (Phi) is 3.73. The van der Waals surface area contributed by atoms with E-state index in [2.05, 4.69) is 5.32 Å². The molecule has 0 bridgehead atoms. The Morgan fingerprint density at radius 2 is 2.12 bits per heavy atom. The summed E-state index contributed by atoms with van der Waals surface area (Å²) in [5.41, 5.74) is 11.1. The molecule has 0 unspecified atom stereocenters. The number of anilines is 2. The second-order valence-electron chi connectivity index (χ2n) is 2.88. The fourth-order valence-corrected chi connectivity index (χ4v) is 2.19. The third kappa shape index (κ3) is 2.08. The van der Waals surface area contributed by atoms with Crippen molar-refractivity contribution >= 4 is 33.9 Å². The molecule has 0 aliphatic rings. The SMILES string of the molecule is CCOC(=O)c1sc(NC)c(C(N)=O)c1N. The van der Waals surface area contributed by atoms with E-state index < -0.39 is 11.9 Å². The molecule has 0 saturated carbocycles. The second-order valence-corrected chi connectivity index (χ2v) is 3.90. The monoisotopic (exact) mass is 243 g/mol. The number of carbonyl (C=O) groups is 2. The van der Waals surface area contributed by atoms with E-state index >= 15 is 0 Å². The molecule has 1 rings (SSSR count). The summed E-state index contributed by atoms with van der Waals surface area (Å²) in [5.74, 6) is -1.22. The van der Waals surface area contributed by atoms with Crippen molar-refractivity contribution in [3.63, 3.8) is 0 Å². The summed E-state index contributed by atoms with van der Waals surface area (Å²) in [7, 11) is 1.62. The fraction of sp³-hybridized carbons (Fsp3) is 0.333. The van der Waals surface area contributed by atoms with Crippen LogP contribution < -0.4 is 16.8 Å². The van der Waals surface area contributed by atoms with Gasteiger partial charge in [-0.1, -0.05) is 0 Å². The molecule has 0 spiro atoms. The van der Waals surface area contributed by atoms with Crippen LogP contribution in [0.4, 0.5) is 10.7 Å². The van der Waals surface area contributed by atoms with Crippen LogP contribution >= 0.6 is 11.3 Å². The van der Waals surface area contributed by atoms with E-state index in [1.54, 1.807) is 14.0 Å². The van der Waals surface area contributed by atoms with Crippen molar-refractivity contribution in [1.82, 2.24) is 0 Å². The van der Waals surface area contributed by atoms with E-state index in [1.165, 1.54) is 0 Å². The van der Waals surface area contributed by atoms with Crippen molar-refractivity contribution < 1.29 is 14.3 Å². The van der Waals surface area contributed by atoms with Gasteiger partial charge in [-0.2, -0.15) is 0 Å². The van der Waals surface area contributed by atoms with Gasteiger partial charge in [-0.05, 0) is 6.92 Å². The van der Waals surface area contributed by atoms with Crippen LogP contribution in [0, 0.1) is 0 Å². The third-order valence-electron chi connectivity index (χ3n) is 1.88. The average Bonchev–Trinajstić information content (AvgIpc) is 2.55. The molecule has 0 aliphatic carbocycles. The Hall–Kier alpha value is -1.76. The Morgan fingerprint density at radius 3 is 2.50 bits per heavy atom. The van der Waals surface area contributed by atoms with Gasteiger partial charge in [0.15, 0.2) is 0 Å². The van der Waals surface area contributed by atoms with Crippen molar-refractivity contribution in [2.75, 3.05) is 24.7 Å². The predicted molar refractivity (Wildman–Crippen MR) is 62.8 cm³/mol. The lowest BCUT2D eigenvalue weighted by Gasteiger charge is -2.00. The second kappa shape index (κ2) is 4.84. The normalized spacial score (nSPS) is 9.88. The number of nitrogens with one attached hydrogen (secondary N) is 1. The Labute approximate surface area is 96.6 Å². The number of primary amides is 1. The standard InChI is InChI=1S/C9H13N3O3S/c1-3-15-9(14)6-5(10)4(7(11)13)8(12-2)16-6/h12H,3,10H2,1-2H3,(H2,11,13). The number of amides is 1. The summed E-state index contributed by atoms with van der Waals surface area (Å²) in [5, 5.41) is 3.23. The largest absolute Gasteiger partial charge is 0.462 e. The summed E-state index contributed by atoms with van der Waals surface area (Å²) in [6.45, 7) is 1.94. The molecule has 1 aromatic rings. The molecule has 5 N–H and O–H groups in total. The lowest BCUT2D eigenvalue weighted by Crippen LogP contribution is -2.14. The van der Waals surface area contributed by atoms with Crippen LogP contribution in [-0.4, -0.2) is 25.5 Å². The molecule has 7 heteroatoms. The van der Waals surface area contributed by atoms with Crippen molar-refractivity contribution in [3.8, 4) is 0 Å². The van der Waals surface area contributed by atoms with E-state index in [1.807, 2.05) is 0 Å². The summed E-state index contributed by atoms with van der Waals surface area (Å²) in [6, 6.07) is 0. The van der Waals surface area contributed by atoms with Gasteiger partial charge >= 0.3 is 5.97 Å². The smallest absolute Gasteiger partial charge is 0.350 e. The zero-order valence-electron chi connectivity index (χ0n) is 8.99. The maximum absolute atomic E-state index is 11.5.